The minimum absolute atomic E-state index is 0.0667. The molecule has 1 aliphatic rings. The van der Waals surface area contributed by atoms with E-state index in [9.17, 15) is 4.79 Å². The van der Waals surface area contributed by atoms with Crippen molar-refractivity contribution in [1.82, 2.24) is 10.2 Å². The Morgan fingerprint density at radius 1 is 1.21 bits per heavy atom. The molecule has 0 unspecified atom stereocenters. The van der Waals surface area contributed by atoms with Crippen LogP contribution in [0.5, 0.6) is 0 Å². The van der Waals surface area contributed by atoms with Gasteiger partial charge in [0.1, 0.15) is 0 Å². The Bertz CT molecular complexity index is 507. The summed E-state index contributed by atoms with van der Waals surface area (Å²) in [6.07, 6.45) is 3.31. The van der Waals surface area contributed by atoms with Crippen LogP contribution in [-0.4, -0.2) is 38.0 Å². The first-order valence-electron chi connectivity index (χ1n) is 6.73. The summed E-state index contributed by atoms with van der Waals surface area (Å²) in [6.45, 7) is 6.16. The van der Waals surface area contributed by atoms with E-state index in [1.165, 1.54) is 22.3 Å². The standard InChI is InChI=1S/C16H22N2O/c1-11-9-14(16(19)18(3)4)10-12(2)15(11)13-5-7-17-8-6-13/h5,9-10,17H,6-8H2,1-4H3. The van der Waals surface area contributed by atoms with Gasteiger partial charge in [-0.05, 0) is 61.2 Å². The number of hydrogen-bond donors (Lipinski definition) is 1. The quantitative estimate of drug-likeness (QED) is 0.883. The van der Waals surface area contributed by atoms with Gasteiger partial charge in [-0.25, -0.2) is 0 Å². The number of nitrogens with zero attached hydrogens (tertiary/aromatic N) is 1. The molecule has 1 aliphatic heterocycles. The highest BCUT2D eigenvalue weighted by Gasteiger charge is 2.15. The number of hydrogen-bond acceptors (Lipinski definition) is 2. The summed E-state index contributed by atoms with van der Waals surface area (Å²) in [5.74, 6) is 0.0667. The Labute approximate surface area is 115 Å². The van der Waals surface area contributed by atoms with Crippen LogP contribution in [0.2, 0.25) is 0 Å². The summed E-state index contributed by atoms with van der Waals surface area (Å²) in [5, 5.41) is 3.33. The second-order valence-corrected chi connectivity index (χ2v) is 5.37. The van der Waals surface area contributed by atoms with Crippen LogP contribution in [0.1, 0.15) is 33.5 Å². The van der Waals surface area contributed by atoms with E-state index in [-0.39, 0.29) is 5.91 Å². The SMILES string of the molecule is Cc1cc(C(=O)N(C)C)cc(C)c1C1=CCNCC1. The predicted molar refractivity (Wildman–Crippen MR) is 79.4 cm³/mol. The highest BCUT2D eigenvalue weighted by atomic mass is 16.2. The van der Waals surface area contributed by atoms with Crippen LogP contribution in [0.25, 0.3) is 5.57 Å². The molecule has 0 bridgehead atoms. The third-order valence-corrected chi connectivity index (χ3v) is 3.57. The number of amides is 1. The molecular weight excluding hydrogens is 236 g/mol. The molecule has 1 N–H and O–H groups in total. The van der Waals surface area contributed by atoms with Gasteiger partial charge in [-0.15, -0.1) is 0 Å². The third-order valence-electron chi connectivity index (χ3n) is 3.57. The highest BCUT2D eigenvalue weighted by molar-refractivity contribution is 5.95. The van der Waals surface area contributed by atoms with Gasteiger partial charge in [0.25, 0.3) is 5.91 Å². The second kappa shape index (κ2) is 5.57. The zero-order chi connectivity index (χ0) is 14.0. The number of aryl methyl sites for hydroxylation is 2. The lowest BCUT2D eigenvalue weighted by atomic mass is 9.90. The summed E-state index contributed by atoms with van der Waals surface area (Å²) in [4.78, 5) is 13.7. The molecule has 2 rings (SSSR count). The smallest absolute Gasteiger partial charge is 0.253 e. The van der Waals surface area contributed by atoms with E-state index in [0.717, 1.165) is 25.1 Å². The van der Waals surface area contributed by atoms with E-state index >= 15 is 0 Å². The molecular formula is C16H22N2O. The Hall–Kier alpha value is -1.61. The third kappa shape index (κ3) is 2.87. The molecule has 3 heteroatoms. The molecule has 0 saturated carbocycles. The predicted octanol–water partition coefficient (Wildman–Crippen LogP) is 2.38. The summed E-state index contributed by atoms with van der Waals surface area (Å²) >= 11 is 0. The molecule has 1 aromatic rings. The van der Waals surface area contributed by atoms with E-state index in [2.05, 4.69) is 25.2 Å². The highest BCUT2D eigenvalue weighted by Crippen LogP contribution is 2.28. The van der Waals surface area contributed by atoms with Crippen LogP contribution in [0.3, 0.4) is 0 Å². The van der Waals surface area contributed by atoms with Crippen LogP contribution in [0.4, 0.5) is 0 Å². The molecule has 19 heavy (non-hydrogen) atoms. The van der Waals surface area contributed by atoms with Crippen LogP contribution >= 0.6 is 0 Å². The Kier molecular flexibility index (Phi) is 4.05. The van der Waals surface area contributed by atoms with Gasteiger partial charge in [-0.2, -0.15) is 0 Å². The summed E-state index contributed by atoms with van der Waals surface area (Å²) in [7, 11) is 3.58. The van der Waals surface area contributed by atoms with Crippen molar-refractivity contribution < 1.29 is 4.79 Å². The van der Waals surface area contributed by atoms with E-state index < -0.39 is 0 Å². The molecule has 0 saturated heterocycles. The van der Waals surface area contributed by atoms with Crippen LogP contribution in [0, 0.1) is 13.8 Å². The maximum atomic E-state index is 12.0. The van der Waals surface area contributed by atoms with Crippen molar-refractivity contribution in [3.05, 3.63) is 40.5 Å². The van der Waals surface area contributed by atoms with Gasteiger partial charge in [0.2, 0.25) is 0 Å². The Balaban J connectivity index is 2.43. The van der Waals surface area contributed by atoms with Gasteiger partial charge >= 0.3 is 0 Å². The molecule has 1 aromatic carbocycles. The minimum atomic E-state index is 0.0667. The number of benzene rings is 1. The molecule has 102 valence electrons. The summed E-state index contributed by atoms with van der Waals surface area (Å²) < 4.78 is 0. The molecule has 1 amide bonds. The van der Waals surface area contributed by atoms with Crippen molar-refractivity contribution in [3.8, 4) is 0 Å². The fraction of sp³-hybridized carbons (Fsp3) is 0.438. The topological polar surface area (TPSA) is 32.3 Å². The lowest BCUT2D eigenvalue weighted by molar-refractivity contribution is 0.0827. The van der Waals surface area contributed by atoms with Crippen molar-refractivity contribution in [2.45, 2.75) is 20.3 Å². The average Bonchev–Trinajstić information content (AvgIpc) is 2.38. The zero-order valence-corrected chi connectivity index (χ0v) is 12.2. The fourth-order valence-corrected chi connectivity index (χ4v) is 2.70. The van der Waals surface area contributed by atoms with Crippen molar-refractivity contribution in [2.24, 2.45) is 0 Å². The summed E-state index contributed by atoms with van der Waals surface area (Å²) in [6, 6.07) is 4.01. The molecule has 0 spiro atoms. The fourth-order valence-electron chi connectivity index (χ4n) is 2.70. The van der Waals surface area contributed by atoms with Crippen molar-refractivity contribution in [2.75, 3.05) is 27.2 Å². The van der Waals surface area contributed by atoms with Crippen molar-refractivity contribution in [1.29, 1.82) is 0 Å². The first kappa shape index (κ1) is 13.8. The average molecular weight is 258 g/mol. The number of carbonyl (C=O) groups is 1. The van der Waals surface area contributed by atoms with Crippen molar-refractivity contribution >= 4 is 11.5 Å². The number of carbonyl (C=O) groups excluding carboxylic acids is 1. The monoisotopic (exact) mass is 258 g/mol. The number of rotatable bonds is 2. The lowest BCUT2D eigenvalue weighted by Crippen LogP contribution is -2.22. The maximum Gasteiger partial charge on any atom is 0.253 e. The van der Waals surface area contributed by atoms with E-state index in [4.69, 9.17) is 0 Å². The number of nitrogens with one attached hydrogen (secondary N) is 1. The molecule has 1 heterocycles. The van der Waals surface area contributed by atoms with Crippen LogP contribution in [-0.2, 0) is 0 Å². The van der Waals surface area contributed by atoms with Crippen LogP contribution < -0.4 is 5.32 Å². The maximum absolute atomic E-state index is 12.0. The van der Waals surface area contributed by atoms with Gasteiger partial charge < -0.3 is 10.2 Å². The molecule has 0 atom stereocenters. The normalized spacial score (nSPS) is 15.1. The zero-order valence-electron chi connectivity index (χ0n) is 12.2. The van der Waals surface area contributed by atoms with Crippen molar-refractivity contribution in [3.63, 3.8) is 0 Å². The van der Waals surface area contributed by atoms with E-state index in [0.29, 0.717) is 0 Å². The minimum Gasteiger partial charge on any atom is -0.345 e. The van der Waals surface area contributed by atoms with Gasteiger partial charge in [0.05, 0.1) is 0 Å². The second-order valence-electron chi connectivity index (χ2n) is 5.37. The van der Waals surface area contributed by atoms with Gasteiger partial charge in [0.15, 0.2) is 0 Å². The molecule has 0 radical (unpaired) electrons. The molecule has 3 nitrogen and oxygen atoms in total. The lowest BCUT2D eigenvalue weighted by Gasteiger charge is -2.20. The van der Waals surface area contributed by atoms with Gasteiger partial charge in [-0.3, -0.25) is 4.79 Å². The Morgan fingerprint density at radius 3 is 2.32 bits per heavy atom. The first-order chi connectivity index (χ1) is 9.00. The van der Waals surface area contributed by atoms with Crippen LogP contribution in [0.15, 0.2) is 18.2 Å². The molecule has 0 aliphatic carbocycles. The Morgan fingerprint density at radius 2 is 1.84 bits per heavy atom. The first-order valence-corrected chi connectivity index (χ1v) is 6.73. The largest absolute Gasteiger partial charge is 0.345 e. The molecule has 0 aromatic heterocycles. The molecule has 0 fully saturated rings. The van der Waals surface area contributed by atoms with E-state index in [1.54, 1.807) is 19.0 Å². The summed E-state index contributed by atoms with van der Waals surface area (Å²) in [5.41, 5.74) is 5.88. The van der Waals surface area contributed by atoms with E-state index in [1.807, 2.05) is 12.1 Å². The van der Waals surface area contributed by atoms with Gasteiger partial charge in [0, 0.05) is 26.2 Å². The van der Waals surface area contributed by atoms with Gasteiger partial charge in [-0.1, -0.05) is 6.08 Å².